The van der Waals surface area contributed by atoms with Crippen molar-refractivity contribution in [3.8, 4) is 5.75 Å². The molecule has 3 aromatic rings. The molecule has 1 aromatic heterocycles. The quantitative estimate of drug-likeness (QED) is 0.454. The van der Waals surface area contributed by atoms with Gasteiger partial charge in [0.25, 0.3) is 5.91 Å². The summed E-state index contributed by atoms with van der Waals surface area (Å²) in [7, 11) is 2.94. The number of imide groups is 1. The molecule has 9 heteroatoms. The van der Waals surface area contributed by atoms with Crippen LogP contribution in [0, 0.1) is 6.92 Å². The molecule has 186 valence electrons. The molecule has 0 saturated carbocycles. The minimum Gasteiger partial charge on any atom is -0.496 e. The maximum absolute atomic E-state index is 13.3. The minimum absolute atomic E-state index is 0.0557. The summed E-state index contributed by atoms with van der Waals surface area (Å²) in [5.74, 6) is -0.601. The molecule has 0 aliphatic heterocycles. The second-order valence-corrected chi connectivity index (χ2v) is 8.72. The zero-order valence-electron chi connectivity index (χ0n) is 20.6. The summed E-state index contributed by atoms with van der Waals surface area (Å²) in [4.78, 5) is 44.4. The Labute approximate surface area is 209 Å². The van der Waals surface area contributed by atoms with Crippen molar-refractivity contribution in [3.63, 3.8) is 0 Å². The average Bonchev–Trinajstić information content (AvgIpc) is 3.19. The Morgan fingerprint density at radius 1 is 1.17 bits per heavy atom. The smallest absolute Gasteiger partial charge is 0.329 e. The van der Waals surface area contributed by atoms with E-state index >= 15 is 0 Å². The Morgan fingerprint density at radius 2 is 1.89 bits per heavy atom. The summed E-state index contributed by atoms with van der Waals surface area (Å²) in [6.45, 7) is 5.18. The number of nitrogens with one attached hydrogen (secondary N) is 1. The molecular formula is C26H30ClN3O5. The molecule has 3 amide bonds. The van der Waals surface area contributed by atoms with Crippen molar-refractivity contribution in [1.29, 1.82) is 0 Å². The number of carbonyl (C=O) groups is 3. The average molecular weight is 500 g/mol. The van der Waals surface area contributed by atoms with Gasteiger partial charge in [0.1, 0.15) is 11.4 Å². The first-order valence-electron chi connectivity index (χ1n) is 11.4. The molecule has 8 nitrogen and oxygen atoms in total. The van der Waals surface area contributed by atoms with E-state index in [1.165, 1.54) is 14.0 Å². The number of para-hydroxylation sites is 1. The minimum atomic E-state index is -0.622. The summed E-state index contributed by atoms with van der Waals surface area (Å²) in [6.07, 6.45) is 2.40. The lowest BCUT2D eigenvalue weighted by atomic mass is 9.98. The third-order valence-corrected chi connectivity index (χ3v) is 6.15. The zero-order valence-corrected chi connectivity index (χ0v) is 21.3. The van der Waals surface area contributed by atoms with E-state index < -0.39 is 23.9 Å². The van der Waals surface area contributed by atoms with Gasteiger partial charge in [-0.1, -0.05) is 49.6 Å². The highest BCUT2D eigenvalue weighted by molar-refractivity contribution is 6.31. The molecule has 2 aromatic carbocycles. The summed E-state index contributed by atoms with van der Waals surface area (Å²) >= 11 is 6.37. The first-order chi connectivity index (χ1) is 16.7. The zero-order chi connectivity index (χ0) is 25.7. The van der Waals surface area contributed by atoms with Gasteiger partial charge in [-0.3, -0.25) is 9.69 Å². The molecule has 0 aliphatic rings. The Morgan fingerprint density at radius 3 is 2.54 bits per heavy atom. The van der Waals surface area contributed by atoms with Crippen LogP contribution in [-0.2, 0) is 4.79 Å². The number of unbranched alkanes of at least 4 members (excludes halogenated alkanes) is 1. The molecule has 0 radical (unpaired) electrons. The molecule has 0 bridgehead atoms. The Bertz CT molecular complexity index is 1250. The molecule has 1 heterocycles. The SMILES string of the molecule is CCCCC(NC(=O)N(C)C(=O)c1cc2ccccc2n1OC(C)=O)c1cc(Cl)c(C)cc1OC. The van der Waals surface area contributed by atoms with E-state index in [-0.39, 0.29) is 5.69 Å². The summed E-state index contributed by atoms with van der Waals surface area (Å²) in [5.41, 5.74) is 2.19. The molecule has 1 atom stereocenters. The van der Waals surface area contributed by atoms with Gasteiger partial charge in [0.15, 0.2) is 0 Å². The second-order valence-electron chi connectivity index (χ2n) is 8.32. The summed E-state index contributed by atoms with van der Waals surface area (Å²) < 4.78 is 6.70. The van der Waals surface area contributed by atoms with Gasteiger partial charge in [0.05, 0.1) is 18.7 Å². The number of urea groups is 1. The maximum Gasteiger partial charge on any atom is 0.329 e. The normalized spacial score (nSPS) is 11.7. The molecular weight excluding hydrogens is 470 g/mol. The Balaban J connectivity index is 1.91. The van der Waals surface area contributed by atoms with Crippen molar-refractivity contribution in [1.82, 2.24) is 14.9 Å². The fourth-order valence-corrected chi connectivity index (χ4v) is 4.02. The van der Waals surface area contributed by atoms with Crippen LogP contribution in [0.2, 0.25) is 5.02 Å². The lowest BCUT2D eigenvalue weighted by molar-refractivity contribution is -0.141. The summed E-state index contributed by atoms with van der Waals surface area (Å²) in [6, 6.07) is 11.3. The van der Waals surface area contributed by atoms with Gasteiger partial charge >= 0.3 is 12.0 Å². The van der Waals surface area contributed by atoms with Crippen LogP contribution in [0.25, 0.3) is 10.9 Å². The highest BCUT2D eigenvalue weighted by Crippen LogP contribution is 2.33. The van der Waals surface area contributed by atoms with Gasteiger partial charge in [-0.25, -0.2) is 9.59 Å². The van der Waals surface area contributed by atoms with Gasteiger partial charge in [0.2, 0.25) is 0 Å². The maximum atomic E-state index is 13.3. The van der Waals surface area contributed by atoms with E-state index in [9.17, 15) is 14.4 Å². The van der Waals surface area contributed by atoms with Crippen molar-refractivity contribution in [2.45, 2.75) is 46.1 Å². The number of hydrogen-bond donors (Lipinski definition) is 1. The van der Waals surface area contributed by atoms with Gasteiger partial charge in [-0.15, -0.1) is 0 Å². The number of methoxy groups -OCH3 is 1. The van der Waals surface area contributed by atoms with Crippen LogP contribution in [0.15, 0.2) is 42.5 Å². The fourth-order valence-electron chi connectivity index (χ4n) is 3.85. The van der Waals surface area contributed by atoms with E-state index in [0.29, 0.717) is 28.1 Å². The molecule has 0 aliphatic carbocycles. The molecule has 3 rings (SSSR count). The van der Waals surface area contributed by atoms with Crippen LogP contribution in [0.1, 0.15) is 60.8 Å². The van der Waals surface area contributed by atoms with Crippen LogP contribution in [0.3, 0.4) is 0 Å². The molecule has 35 heavy (non-hydrogen) atoms. The van der Waals surface area contributed by atoms with Gasteiger partial charge in [-0.05, 0) is 43.2 Å². The van der Waals surface area contributed by atoms with E-state index in [2.05, 4.69) is 12.2 Å². The van der Waals surface area contributed by atoms with E-state index in [0.717, 1.165) is 33.6 Å². The monoisotopic (exact) mass is 499 g/mol. The molecule has 1 N–H and O–H groups in total. The van der Waals surface area contributed by atoms with Crippen molar-refractivity contribution in [2.75, 3.05) is 14.2 Å². The van der Waals surface area contributed by atoms with E-state index in [1.807, 2.05) is 19.1 Å². The lowest BCUT2D eigenvalue weighted by Crippen LogP contribution is -2.43. The predicted octanol–water partition coefficient (Wildman–Crippen LogP) is 5.30. The topological polar surface area (TPSA) is 89.9 Å². The van der Waals surface area contributed by atoms with Crippen LogP contribution >= 0.6 is 11.6 Å². The van der Waals surface area contributed by atoms with E-state index in [4.69, 9.17) is 21.2 Å². The lowest BCUT2D eigenvalue weighted by Gasteiger charge is -2.25. The number of benzene rings is 2. The molecule has 0 spiro atoms. The van der Waals surface area contributed by atoms with E-state index in [1.54, 1.807) is 37.4 Å². The second kappa shape index (κ2) is 11.3. The van der Waals surface area contributed by atoms with Crippen LogP contribution in [0.5, 0.6) is 5.75 Å². The first kappa shape index (κ1) is 26.1. The number of nitrogens with zero attached hydrogens (tertiary/aromatic N) is 2. The largest absolute Gasteiger partial charge is 0.496 e. The summed E-state index contributed by atoms with van der Waals surface area (Å²) in [5, 5.41) is 4.21. The number of carbonyl (C=O) groups excluding carboxylic acids is 3. The third-order valence-electron chi connectivity index (χ3n) is 5.75. The highest BCUT2D eigenvalue weighted by Gasteiger charge is 2.28. The van der Waals surface area contributed by atoms with Crippen LogP contribution in [-0.4, -0.2) is 41.7 Å². The number of rotatable bonds is 8. The van der Waals surface area contributed by atoms with Crippen molar-refractivity contribution in [3.05, 3.63) is 64.3 Å². The van der Waals surface area contributed by atoms with Gasteiger partial charge in [-0.2, -0.15) is 4.73 Å². The number of ether oxygens (including phenoxy) is 1. The third kappa shape index (κ3) is 5.77. The standard InChI is InChI=1S/C26H30ClN3O5/c1-6-7-11-21(19-15-20(27)16(2)13-24(19)34-5)28-26(33)29(4)25(32)23-14-18-10-8-9-12-22(18)30(23)35-17(3)31/h8-10,12-15,21H,6-7,11H2,1-5H3,(H,28,33). The number of amides is 3. The Kier molecular flexibility index (Phi) is 8.40. The number of hydrogen-bond acceptors (Lipinski definition) is 5. The molecule has 1 unspecified atom stereocenters. The van der Waals surface area contributed by atoms with Crippen LogP contribution in [0.4, 0.5) is 4.79 Å². The molecule has 0 saturated heterocycles. The number of aryl methyl sites for hydroxylation is 1. The van der Waals surface area contributed by atoms with Crippen molar-refractivity contribution < 1.29 is 24.0 Å². The number of fused-ring (bicyclic) bond motifs is 1. The number of aromatic nitrogens is 1. The Hall–Kier alpha value is -3.52. The first-order valence-corrected chi connectivity index (χ1v) is 11.8. The number of halogens is 1. The van der Waals surface area contributed by atoms with Gasteiger partial charge in [0, 0.05) is 29.9 Å². The predicted molar refractivity (Wildman–Crippen MR) is 135 cm³/mol. The molecule has 0 fully saturated rings. The van der Waals surface area contributed by atoms with Crippen LogP contribution < -0.4 is 14.9 Å². The van der Waals surface area contributed by atoms with Crippen molar-refractivity contribution in [2.24, 2.45) is 0 Å². The van der Waals surface area contributed by atoms with Crippen molar-refractivity contribution >= 4 is 40.4 Å². The fraction of sp³-hybridized carbons (Fsp3) is 0.346. The van der Waals surface area contributed by atoms with Gasteiger partial charge < -0.3 is 14.9 Å². The highest BCUT2D eigenvalue weighted by atomic mass is 35.5.